The second-order valence-corrected chi connectivity index (χ2v) is 5.80. The molecule has 1 aliphatic rings. The third kappa shape index (κ3) is 3.48. The summed E-state index contributed by atoms with van der Waals surface area (Å²) in [7, 11) is 0. The van der Waals surface area contributed by atoms with Crippen molar-refractivity contribution in [1.29, 1.82) is 0 Å². The minimum absolute atomic E-state index is 0.0285. The van der Waals surface area contributed by atoms with Gasteiger partial charge < -0.3 is 5.32 Å². The number of nitrogens with one attached hydrogen (secondary N) is 1. The predicted molar refractivity (Wildman–Crippen MR) is 77.0 cm³/mol. The number of nitrogens with zero attached hydrogens (tertiary/aromatic N) is 1. The average Bonchev–Trinajstić information content (AvgIpc) is 2.38. The molecule has 2 unspecified atom stereocenters. The lowest BCUT2D eigenvalue weighted by Gasteiger charge is -2.27. The number of carbonyl (C=O) groups excluding carboxylic acids is 1. The monoisotopic (exact) mass is 296 g/mol. The lowest BCUT2D eigenvalue weighted by molar-refractivity contribution is -0.385. The van der Waals surface area contributed by atoms with Crippen molar-refractivity contribution in [2.45, 2.75) is 38.6 Å². The Morgan fingerprint density at radius 3 is 2.85 bits per heavy atom. The number of halogens is 1. The molecule has 0 radical (unpaired) electrons. The molecule has 2 atom stereocenters. The summed E-state index contributed by atoms with van der Waals surface area (Å²) < 4.78 is 0. The minimum atomic E-state index is -0.561. The maximum absolute atomic E-state index is 12.2. The first-order valence-electron chi connectivity index (χ1n) is 6.72. The van der Waals surface area contributed by atoms with Crippen molar-refractivity contribution in [3.05, 3.63) is 38.9 Å². The Morgan fingerprint density at radius 1 is 1.45 bits per heavy atom. The summed E-state index contributed by atoms with van der Waals surface area (Å²) in [6.07, 6.45) is 4.08. The van der Waals surface area contributed by atoms with Crippen LogP contribution in [0.5, 0.6) is 0 Å². The van der Waals surface area contributed by atoms with E-state index in [2.05, 4.69) is 12.2 Å². The molecular weight excluding hydrogens is 280 g/mol. The van der Waals surface area contributed by atoms with E-state index in [1.54, 1.807) is 0 Å². The second kappa shape index (κ2) is 6.22. The summed E-state index contributed by atoms with van der Waals surface area (Å²) in [6.45, 7) is 2.15. The summed E-state index contributed by atoms with van der Waals surface area (Å²) in [5.74, 6) is 0.154. The SMILES string of the molecule is CC1CCCC(NC(=O)c2cc(Cl)ccc2[N+](=O)[O-])C1. The zero-order chi connectivity index (χ0) is 14.7. The number of nitro groups is 1. The summed E-state index contributed by atoms with van der Waals surface area (Å²) in [4.78, 5) is 22.6. The number of nitro benzene ring substituents is 1. The highest BCUT2D eigenvalue weighted by Crippen LogP contribution is 2.26. The zero-order valence-electron chi connectivity index (χ0n) is 11.3. The van der Waals surface area contributed by atoms with E-state index in [9.17, 15) is 14.9 Å². The van der Waals surface area contributed by atoms with Gasteiger partial charge in [0.1, 0.15) is 5.56 Å². The molecule has 0 heterocycles. The maximum atomic E-state index is 12.2. The van der Waals surface area contributed by atoms with E-state index in [0.29, 0.717) is 10.9 Å². The van der Waals surface area contributed by atoms with Crippen LogP contribution in [0.25, 0.3) is 0 Å². The quantitative estimate of drug-likeness (QED) is 0.684. The van der Waals surface area contributed by atoms with Crippen molar-refractivity contribution in [3.8, 4) is 0 Å². The first-order chi connectivity index (χ1) is 9.47. The van der Waals surface area contributed by atoms with Crippen LogP contribution in [0.3, 0.4) is 0 Å². The van der Waals surface area contributed by atoms with Gasteiger partial charge in [0.25, 0.3) is 11.6 Å². The van der Waals surface area contributed by atoms with E-state index in [0.717, 1.165) is 19.3 Å². The van der Waals surface area contributed by atoms with Crippen LogP contribution in [0.2, 0.25) is 5.02 Å². The van der Waals surface area contributed by atoms with Crippen molar-refractivity contribution < 1.29 is 9.72 Å². The summed E-state index contributed by atoms with van der Waals surface area (Å²) >= 11 is 5.83. The Hall–Kier alpha value is -1.62. The third-order valence-corrected chi connectivity index (χ3v) is 3.91. The predicted octanol–water partition coefficient (Wildman–Crippen LogP) is 3.56. The van der Waals surface area contributed by atoms with Crippen LogP contribution >= 0.6 is 11.6 Å². The zero-order valence-corrected chi connectivity index (χ0v) is 12.0. The highest BCUT2D eigenvalue weighted by Gasteiger charge is 2.25. The molecule has 0 aliphatic heterocycles. The van der Waals surface area contributed by atoms with Gasteiger partial charge in [0.05, 0.1) is 4.92 Å². The van der Waals surface area contributed by atoms with E-state index in [1.807, 2.05) is 0 Å². The number of hydrogen-bond donors (Lipinski definition) is 1. The number of amides is 1. The van der Waals surface area contributed by atoms with Gasteiger partial charge in [-0.25, -0.2) is 0 Å². The second-order valence-electron chi connectivity index (χ2n) is 5.36. The van der Waals surface area contributed by atoms with Crippen molar-refractivity contribution >= 4 is 23.2 Å². The molecule has 5 nitrogen and oxygen atoms in total. The lowest BCUT2D eigenvalue weighted by atomic mass is 9.87. The van der Waals surface area contributed by atoms with Crippen molar-refractivity contribution in [2.24, 2.45) is 5.92 Å². The Kier molecular flexibility index (Phi) is 4.60. The van der Waals surface area contributed by atoms with Gasteiger partial charge in [-0.2, -0.15) is 0 Å². The number of rotatable bonds is 3. The molecule has 0 saturated heterocycles. The van der Waals surface area contributed by atoms with Crippen LogP contribution in [0, 0.1) is 16.0 Å². The van der Waals surface area contributed by atoms with Gasteiger partial charge in [0, 0.05) is 17.1 Å². The maximum Gasteiger partial charge on any atom is 0.282 e. The molecule has 1 saturated carbocycles. The molecular formula is C14H17ClN2O3. The Morgan fingerprint density at radius 2 is 2.20 bits per heavy atom. The molecule has 1 aliphatic carbocycles. The van der Waals surface area contributed by atoms with E-state index in [1.165, 1.54) is 24.6 Å². The molecule has 6 heteroatoms. The third-order valence-electron chi connectivity index (χ3n) is 3.67. The largest absolute Gasteiger partial charge is 0.349 e. The highest BCUT2D eigenvalue weighted by molar-refractivity contribution is 6.31. The van der Waals surface area contributed by atoms with Gasteiger partial charge in [0.2, 0.25) is 0 Å². The molecule has 0 spiro atoms. The van der Waals surface area contributed by atoms with Crippen molar-refractivity contribution in [2.75, 3.05) is 0 Å². The molecule has 1 N–H and O–H groups in total. The van der Waals surface area contributed by atoms with E-state index >= 15 is 0 Å². The first-order valence-corrected chi connectivity index (χ1v) is 7.10. The van der Waals surface area contributed by atoms with Gasteiger partial charge >= 0.3 is 0 Å². The summed E-state index contributed by atoms with van der Waals surface area (Å²) in [5.41, 5.74) is -0.184. The fraction of sp³-hybridized carbons (Fsp3) is 0.500. The van der Waals surface area contributed by atoms with Gasteiger partial charge in [-0.1, -0.05) is 31.4 Å². The van der Waals surface area contributed by atoms with Crippen LogP contribution in [-0.2, 0) is 0 Å². The van der Waals surface area contributed by atoms with E-state index < -0.39 is 10.8 Å². The fourth-order valence-electron chi connectivity index (χ4n) is 2.68. The van der Waals surface area contributed by atoms with Gasteiger partial charge in [-0.3, -0.25) is 14.9 Å². The standard InChI is InChI=1S/C14H17ClN2O3/c1-9-3-2-4-11(7-9)16-14(18)12-8-10(15)5-6-13(12)17(19)20/h5-6,8-9,11H,2-4,7H2,1H3,(H,16,18). The molecule has 1 amide bonds. The molecule has 0 aromatic heterocycles. The normalized spacial score (nSPS) is 22.3. The van der Waals surface area contributed by atoms with Crippen LogP contribution in [0.4, 0.5) is 5.69 Å². The fourth-order valence-corrected chi connectivity index (χ4v) is 2.85. The summed E-state index contributed by atoms with van der Waals surface area (Å²) in [5, 5.41) is 14.2. The first kappa shape index (κ1) is 14.8. The van der Waals surface area contributed by atoms with Gasteiger partial charge in [0.15, 0.2) is 0 Å². The topological polar surface area (TPSA) is 72.2 Å². The number of benzene rings is 1. The number of carbonyl (C=O) groups is 1. The van der Waals surface area contributed by atoms with E-state index in [-0.39, 0.29) is 17.3 Å². The molecule has 1 fully saturated rings. The Bertz CT molecular complexity index is 533. The van der Waals surface area contributed by atoms with Crippen molar-refractivity contribution in [3.63, 3.8) is 0 Å². The van der Waals surface area contributed by atoms with Gasteiger partial charge in [-0.15, -0.1) is 0 Å². The molecule has 108 valence electrons. The molecule has 1 aromatic carbocycles. The lowest BCUT2D eigenvalue weighted by Crippen LogP contribution is -2.38. The molecule has 0 bridgehead atoms. The Balaban J connectivity index is 2.16. The van der Waals surface area contributed by atoms with E-state index in [4.69, 9.17) is 11.6 Å². The average molecular weight is 297 g/mol. The van der Waals surface area contributed by atoms with Crippen LogP contribution in [0.1, 0.15) is 43.0 Å². The smallest absolute Gasteiger partial charge is 0.282 e. The minimum Gasteiger partial charge on any atom is -0.349 e. The molecule has 1 aromatic rings. The molecule has 20 heavy (non-hydrogen) atoms. The van der Waals surface area contributed by atoms with Crippen LogP contribution < -0.4 is 5.32 Å². The number of hydrogen-bond acceptors (Lipinski definition) is 3. The molecule has 2 rings (SSSR count). The van der Waals surface area contributed by atoms with Crippen molar-refractivity contribution in [1.82, 2.24) is 5.32 Å². The summed E-state index contributed by atoms with van der Waals surface area (Å²) in [6, 6.07) is 4.12. The van der Waals surface area contributed by atoms with Crippen LogP contribution in [-0.4, -0.2) is 16.9 Å². The highest BCUT2D eigenvalue weighted by atomic mass is 35.5. The van der Waals surface area contributed by atoms with Crippen LogP contribution in [0.15, 0.2) is 18.2 Å². The van der Waals surface area contributed by atoms with Gasteiger partial charge in [-0.05, 0) is 30.9 Å². The Labute approximate surface area is 122 Å².